The molecular weight excluding hydrogens is 392 g/mol. The molecule has 2 aromatic carbocycles. The number of carboxylic acids is 1. The van der Waals surface area contributed by atoms with Gasteiger partial charge in [0.05, 0.1) is 24.2 Å². The largest absolute Gasteiger partial charge is 0.481 e. The molecule has 2 heterocycles. The summed E-state index contributed by atoms with van der Waals surface area (Å²) in [5.41, 5.74) is 5.12. The second kappa shape index (κ2) is 8.39. The van der Waals surface area contributed by atoms with Crippen LogP contribution in [0.5, 0.6) is 0 Å². The van der Waals surface area contributed by atoms with Crippen LogP contribution < -0.4 is 5.32 Å². The van der Waals surface area contributed by atoms with Crippen LogP contribution in [0.1, 0.15) is 33.0 Å². The van der Waals surface area contributed by atoms with Crippen molar-refractivity contribution in [2.75, 3.05) is 5.32 Å². The van der Waals surface area contributed by atoms with Crippen molar-refractivity contribution in [3.05, 3.63) is 88.9 Å². The number of amides is 1. The van der Waals surface area contributed by atoms with E-state index in [0.717, 1.165) is 33.4 Å². The fourth-order valence-electron chi connectivity index (χ4n) is 3.55. The summed E-state index contributed by atoms with van der Waals surface area (Å²) < 4.78 is 1.81. The number of fused-ring (bicyclic) bond motifs is 1. The molecule has 156 valence electrons. The number of aliphatic carboxylic acids is 1. The topological polar surface area (TPSA) is 97.1 Å². The minimum Gasteiger partial charge on any atom is -0.481 e. The number of rotatable bonds is 6. The Hall–Kier alpha value is -4.00. The Balaban J connectivity index is 1.45. The van der Waals surface area contributed by atoms with Gasteiger partial charge in [-0.15, -0.1) is 0 Å². The number of pyridine rings is 1. The quantitative estimate of drug-likeness (QED) is 0.497. The van der Waals surface area contributed by atoms with Crippen LogP contribution in [0.4, 0.5) is 5.69 Å². The van der Waals surface area contributed by atoms with Gasteiger partial charge >= 0.3 is 5.97 Å². The van der Waals surface area contributed by atoms with Crippen LogP contribution in [-0.2, 0) is 17.8 Å². The van der Waals surface area contributed by atoms with Crippen molar-refractivity contribution in [2.45, 2.75) is 26.8 Å². The maximum absolute atomic E-state index is 12.6. The minimum absolute atomic E-state index is 0.0363. The Morgan fingerprint density at radius 2 is 1.74 bits per heavy atom. The maximum atomic E-state index is 12.6. The van der Waals surface area contributed by atoms with E-state index in [4.69, 9.17) is 5.11 Å². The number of para-hydroxylation sites is 1. The molecule has 0 saturated heterocycles. The molecule has 2 aromatic heterocycles. The van der Waals surface area contributed by atoms with E-state index in [1.165, 1.54) is 0 Å². The Morgan fingerprint density at radius 1 is 1.00 bits per heavy atom. The Kier molecular flexibility index (Phi) is 5.49. The summed E-state index contributed by atoms with van der Waals surface area (Å²) in [6, 6.07) is 18.7. The van der Waals surface area contributed by atoms with Gasteiger partial charge in [0.1, 0.15) is 5.69 Å². The molecule has 0 saturated carbocycles. The first-order valence-corrected chi connectivity index (χ1v) is 9.91. The van der Waals surface area contributed by atoms with Crippen molar-refractivity contribution < 1.29 is 14.7 Å². The van der Waals surface area contributed by atoms with Gasteiger partial charge in [-0.25, -0.2) is 4.98 Å². The van der Waals surface area contributed by atoms with Crippen LogP contribution in [0.2, 0.25) is 0 Å². The van der Waals surface area contributed by atoms with E-state index in [1.54, 1.807) is 10.7 Å². The number of nitrogens with zero attached hydrogens (tertiary/aromatic N) is 3. The number of carboxylic acid groups (broad SMARTS) is 1. The van der Waals surface area contributed by atoms with Crippen molar-refractivity contribution in [3.8, 4) is 0 Å². The number of nitrogens with one attached hydrogen (secondary N) is 1. The van der Waals surface area contributed by atoms with Crippen LogP contribution in [0.15, 0.2) is 60.7 Å². The number of carbonyl (C=O) groups excluding carboxylic acids is 1. The number of hydrogen-bond acceptors (Lipinski definition) is 4. The molecule has 0 bridgehead atoms. The molecule has 1 amide bonds. The summed E-state index contributed by atoms with van der Waals surface area (Å²) in [5.74, 6) is -1.14. The number of carbonyl (C=O) groups is 2. The summed E-state index contributed by atoms with van der Waals surface area (Å²) >= 11 is 0. The predicted octanol–water partition coefficient (Wildman–Crippen LogP) is 3.98. The molecule has 0 aliphatic carbocycles. The van der Waals surface area contributed by atoms with Gasteiger partial charge in [-0.1, -0.05) is 36.4 Å². The van der Waals surface area contributed by atoms with Crippen molar-refractivity contribution in [1.29, 1.82) is 0 Å². The first-order valence-electron chi connectivity index (χ1n) is 9.91. The molecule has 7 nitrogen and oxygen atoms in total. The van der Waals surface area contributed by atoms with E-state index in [0.29, 0.717) is 17.9 Å². The molecule has 0 radical (unpaired) electrons. The van der Waals surface area contributed by atoms with Gasteiger partial charge in [0.2, 0.25) is 0 Å². The molecule has 0 aliphatic heterocycles. The van der Waals surface area contributed by atoms with Crippen molar-refractivity contribution in [2.24, 2.45) is 0 Å². The maximum Gasteiger partial charge on any atom is 0.307 e. The predicted molar refractivity (Wildman–Crippen MR) is 118 cm³/mol. The second-order valence-electron chi connectivity index (χ2n) is 7.42. The highest BCUT2D eigenvalue weighted by molar-refractivity contribution is 6.04. The Morgan fingerprint density at radius 3 is 2.48 bits per heavy atom. The van der Waals surface area contributed by atoms with Gasteiger partial charge in [-0.3, -0.25) is 14.3 Å². The lowest BCUT2D eigenvalue weighted by Crippen LogP contribution is -2.13. The average molecular weight is 414 g/mol. The highest BCUT2D eigenvalue weighted by atomic mass is 16.4. The molecule has 0 spiro atoms. The summed E-state index contributed by atoms with van der Waals surface area (Å²) in [6.07, 6.45) is -0.0363. The van der Waals surface area contributed by atoms with Gasteiger partial charge in [-0.05, 0) is 43.7 Å². The number of aromatic nitrogens is 3. The third kappa shape index (κ3) is 4.45. The summed E-state index contributed by atoms with van der Waals surface area (Å²) in [6.45, 7) is 4.22. The number of benzene rings is 2. The third-order valence-electron chi connectivity index (χ3n) is 5.23. The van der Waals surface area contributed by atoms with Crippen LogP contribution in [0.25, 0.3) is 10.9 Å². The molecular formula is C24H22N4O3. The number of hydrogen-bond donors (Lipinski definition) is 2. The molecule has 0 atom stereocenters. The Labute approximate surface area is 179 Å². The van der Waals surface area contributed by atoms with Crippen LogP contribution >= 0.6 is 0 Å². The fourth-order valence-corrected chi connectivity index (χ4v) is 3.55. The standard InChI is InChI=1S/C24H22N4O3/c1-15-20(13-23(29)30)16(2)28(27-15)14-17-7-10-19(11-8-17)25-24(31)22-12-9-18-5-3-4-6-21(18)26-22/h3-12H,13-14H2,1-2H3,(H,25,31)(H,29,30). The van der Waals surface area contributed by atoms with Crippen LogP contribution in [0.3, 0.4) is 0 Å². The van der Waals surface area contributed by atoms with Gasteiger partial charge in [0.25, 0.3) is 5.91 Å². The normalized spacial score (nSPS) is 10.9. The number of aryl methyl sites for hydroxylation is 1. The van der Waals surface area contributed by atoms with Crippen LogP contribution in [-0.4, -0.2) is 31.7 Å². The van der Waals surface area contributed by atoms with E-state index in [9.17, 15) is 9.59 Å². The first-order chi connectivity index (χ1) is 14.9. The van der Waals surface area contributed by atoms with E-state index >= 15 is 0 Å². The molecule has 0 aliphatic rings. The van der Waals surface area contributed by atoms with E-state index in [-0.39, 0.29) is 12.3 Å². The SMILES string of the molecule is Cc1nn(Cc2ccc(NC(=O)c3ccc4ccccc4n3)cc2)c(C)c1CC(=O)O. The smallest absolute Gasteiger partial charge is 0.307 e. The van der Waals surface area contributed by atoms with Crippen molar-refractivity contribution in [1.82, 2.24) is 14.8 Å². The minimum atomic E-state index is -0.869. The average Bonchev–Trinajstić information content (AvgIpc) is 3.01. The van der Waals surface area contributed by atoms with Crippen LogP contribution in [0, 0.1) is 13.8 Å². The molecule has 7 heteroatoms. The zero-order chi connectivity index (χ0) is 22.0. The molecule has 0 fully saturated rings. The second-order valence-corrected chi connectivity index (χ2v) is 7.42. The van der Waals surface area contributed by atoms with E-state index < -0.39 is 5.97 Å². The first kappa shape index (κ1) is 20.3. The molecule has 2 N–H and O–H groups in total. The summed E-state index contributed by atoms with van der Waals surface area (Å²) in [7, 11) is 0. The lowest BCUT2D eigenvalue weighted by atomic mass is 10.1. The zero-order valence-corrected chi connectivity index (χ0v) is 17.3. The molecule has 4 rings (SSSR count). The van der Waals surface area contributed by atoms with Crippen molar-refractivity contribution >= 4 is 28.5 Å². The van der Waals surface area contributed by atoms with E-state index in [2.05, 4.69) is 15.4 Å². The fraction of sp³-hybridized carbons (Fsp3) is 0.167. The highest BCUT2D eigenvalue weighted by Gasteiger charge is 2.15. The van der Waals surface area contributed by atoms with Gasteiger partial charge in [-0.2, -0.15) is 5.10 Å². The summed E-state index contributed by atoms with van der Waals surface area (Å²) in [5, 5.41) is 17.4. The van der Waals surface area contributed by atoms with Gasteiger partial charge in [0, 0.05) is 22.3 Å². The monoisotopic (exact) mass is 414 g/mol. The lowest BCUT2D eigenvalue weighted by molar-refractivity contribution is -0.136. The third-order valence-corrected chi connectivity index (χ3v) is 5.23. The lowest BCUT2D eigenvalue weighted by Gasteiger charge is -2.08. The van der Waals surface area contributed by atoms with E-state index in [1.807, 2.05) is 68.4 Å². The van der Waals surface area contributed by atoms with Gasteiger partial charge in [0.15, 0.2) is 0 Å². The zero-order valence-electron chi connectivity index (χ0n) is 17.3. The summed E-state index contributed by atoms with van der Waals surface area (Å²) in [4.78, 5) is 28.0. The number of anilines is 1. The molecule has 4 aromatic rings. The van der Waals surface area contributed by atoms with Gasteiger partial charge < -0.3 is 10.4 Å². The molecule has 31 heavy (non-hydrogen) atoms. The molecule has 0 unspecified atom stereocenters. The highest BCUT2D eigenvalue weighted by Crippen LogP contribution is 2.18. The van der Waals surface area contributed by atoms with Crippen molar-refractivity contribution in [3.63, 3.8) is 0 Å². The Bertz CT molecular complexity index is 1280.